The quantitative estimate of drug-likeness (QED) is 0.337. The summed E-state index contributed by atoms with van der Waals surface area (Å²) >= 11 is 1.25. The molecule has 1 aliphatic carbocycles. The van der Waals surface area contributed by atoms with Crippen LogP contribution in [-0.2, 0) is 0 Å². The molecule has 4 aromatic rings. The molecule has 0 saturated heterocycles. The molecule has 0 radical (unpaired) electrons. The second-order valence-electron chi connectivity index (χ2n) is 8.95. The van der Waals surface area contributed by atoms with Gasteiger partial charge in [0.25, 0.3) is 17.9 Å². The van der Waals surface area contributed by atoms with Crippen LogP contribution in [-0.4, -0.2) is 38.1 Å². The van der Waals surface area contributed by atoms with Crippen LogP contribution in [0.15, 0.2) is 63.4 Å². The first-order valence-electron chi connectivity index (χ1n) is 12.2. The second kappa shape index (κ2) is 10.5. The lowest BCUT2D eigenvalue weighted by atomic mass is 10.00. The molecule has 5 heterocycles. The number of alkyl halides is 2. The van der Waals surface area contributed by atoms with Crippen molar-refractivity contribution in [3.8, 4) is 34.5 Å². The summed E-state index contributed by atoms with van der Waals surface area (Å²) in [6, 6.07) is 5.76. The minimum absolute atomic E-state index is 0.0609. The number of nitrogens with one attached hydrogen (secondary N) is 2. The standard InChI is InChI=1S/C27H20F2N6O4S/c1-38-21-13-30-19(24(28)29)10-17(21)16-11-22(35-8-6-20-15(26(35)37)7-9-39-20)31-12-18(16)25(36)32-27-34-33-23(40-27)5-4-14-2-3-14/h6-14,24,27,34H,2-3H2,1H3,(H,32,36). The molecule has 13 heteroatoms. The zero-order valence-electron chi connectivity index (χ0n) is 20.9. The predicted octanol–water partition coefficient (Wildman–Crippen LogP) is 4.06. The fraction of sp³-hybridized carbons (Fsp3) is 0.222. The minimum atomic E-state index is -2.86. The number of hydrazone groups is 1. The largest absolute Gasteiger partial charge is 0.494 e. The normalized spacial score (nSPS) is 16.3. The third kappa shape index (κ3) is 5.01. The van der Waals surface area contributed by atoms with E-state index in [2.05, 4.69) is 37.7 Å². The van der Waals surface area contributed by atoms with E-state index in [1.54, 1.807) is 6.07 Å². The number of amides is 1. The van der Waals surface area contributed by atoms with E-state index >= 15 is 0 Å². The van der Waals surface area contributed by atoms with Gasteiger partial charge in [-0.05, 0) is 54.8 Å². The number of halogens is 2. The molecule has 1 aliphatic heterocycles. The Hall–Kier alpha value is -4.70. The number of hydrogen-bond donors (Lipinski definition) is 2. The summed E-state index contributed by atoms with van der Waals surface area (Å²) in [5.74, 6) is 6.28. The molecule has 4 aromatic heterocycles. The van der Waals surface area contributed by atoms with Crippen LogP contribution < -0.4 is 21.0 Å². The van der Waals surface area contributed by atoms with Gasteiger partial charge in [0.15, 0.2) is 10.5 Å². The lowest BCUT2D eigenvalue weighted by molar-refractivity contribution is 0.0946. The summed E-state index contributed by atoms with van der Waals surface area (Å²) in [6.07, 6.45) is 4.63. The van der Waals surface area contributed by atoms with E-state index in [4.69, 9.17) is 9.15 Å². The van der Waals surface area contributed by atoms with Gasteiger partial charge in [0.1, 0.15) is 22.8 Å². The Morgan fingerprint density at radius 3 is 2.88 bits per heavy atom. The van der Waals surface area contributed by atoms with Gasteiger partial charge in [0.05, 0.1) is 30.5 Å². The van der Waals surface area contributed by atoms with Crippen molar-refractivity contribution >= 4 is 33.7 Å². The van der Waals surface area contributed by atoms with Crippen LogP contribution in [0.1, 0.15) is 35.3 Å². The molecule has 0 bridgehead atoms. The Balaban J connectivity index is 1.40. The summed E-state index contributed by atoms with van der Waals surface area (Å²) < 4.78 is 39.2. The first-order chi connectivity index (χ1) is 19.4. The topological polar surface area (TPSA) is 124 Å². The van der Waals surface area contributed by atoms with Gasteiger partial charge >= 0.3 is 0 Å². The fourth-order valence-electron chi connectivity index (χ4n) is 4.07. The van der Waals surface area contributed by atoms with Crippen molar-refractivity contribution in [1.82, 2.24) is 25.3 Å². The number of thioether (sulfide) groups is 1. The van der Waals surface area contributed by atoms with E-state index in [1.807, 2.05) is 0 Å². The monoisotopic (exact) mass is 562 g/mol. The SMILES string of the molecule is COc1cnc(C(F)F)cc1-c1cc(-n2ccc3occc3c2=O)ncc1C(=O)NC1NN=C(C#CC2CC2)S1. The van der Waals surface area contributed by atoms with Crippen molar-refractivity contribution in [2.24, 2.45) is 11.0 Å². The second-order valence-corrected chi connectivity index (χ2v) is 10.0. The van der Waals surface area contributed by atoms with Crippen LogP contribution in [0.3, 0.4) is 0 Å². The number of carbonyl (C=O) groups excluding carboxylic acids is 1. The van der Waals surface area contributed by atoms with Gasteiger partial charge in [-0.25, -0.2) is 13.8 Å². The van der Waals surface area contributed by atoms with Gasteiger partial charge < -0.3 is 14.5 Å². The summed E-state index contributed by atoms with van der Waals surface area (Å²) in [5.41, 5.74) is 2.17. The zero-order chi connectivity index (χ0) is 27.8. The number of carbonyl (C=O) groups is 1. The summed E-state index contributed by atoms with van der Waals surface area (Å²) in [7, 11) is 1.36. The molecular formula is C27H20F2N6O4S. The van der Waals surface area contributed by atoms with E-state index in [-0.39, 0.29) is 28.3 Å². The highest BCUT2D eigenvalue weighted by molar-refractivity contribution is 8.15. The van der Waals surface area contributed by atoms with E-state index < -0.39 is 29.1 Å². The zero-order valence-corrected chi connectivity index (χ0v) is 21.7. The maximum atomic E-state index is 13.6. The van der Waals surface area contributed by atoms with Crippen LogP contribution in [0.2, 0.25) is 0 Å². The van der Waals surface area contributed by atoms with Gasteiger partial charge in [-0.3, -0.25) is 24.6 Å². The molecule has 0 aromatic carbocycles. The van der Waals surface area contributed by atoms with Crippen LogP contribution in [0.25, 0.3) is 27.9 Å². The molecule has 6 rings (SSSR count). The Labute approximate surface area is 229 Å². The van der Waals surface area contributed by atoms with Gasteiger partial charge in [-0.1, -0.05) is 5.92 Å². The van der Waals surface area contributed by atoms with Gasteiger partial charge in [-0.2, -0.15) is 5.10 Å². The minimum Gasteiger partial charge on any atom is -0.494 e. The number of nitrogens with zero attached hydrogens (tertiary/aromatic N) is 4. The number of pyridine rings is 3. The lowest BCUT2D eigenvalue weighted by Crippen LogP contribution is -2.39. The molecule has 2 N–H and O–H groups in total. The van der Waals surface area contributed by atoms with E-state index in [0.29, 0.717) is 21.9 Å². The number of ether oxygens (including phenoxy) is 1. The Morgan fingerprint density at radius 1 is 1.25 bits per heavy atom. The number of aromatic nitrogens is 3. The third-order valence-corrected chi connectivity index (χ3v) is 7.13. The molecule has 0 spiro atoms. The molecule has 1 unspecified atom stereocenters. The van der Waals surface area contributed by atoms with Gasteiger partial charge in [-0.15, -0.1) is 0 Å². The molecule has 1 atom stereocenters. The smallest absolute Gasteiger partial charge is 0.280 e. The highest BCUT2D eigenvalue weighted by atomic mass is 32.2. The lowest BCUT2D eigenvalue weighted by Gasteiger charge is -2.17. The number of methoxy groups -OCH3 is 1. The maximum absolute atomic E-state index is 13.6. The number of fused-ring (bicyclic) bond motifs is 1. The molecule has 1 amide bonds. The molecule has 1 saturated carbocycles. The van der Waals surface area contributed by atoms with Gasteiger partial charge in [0, 0.05) is 29.4 Å². The number of hydrogen-bond acceptors (Lipinski definition) is 9. The van der Waals surface area contributed by atoms with Crippen LogP contribution in [0.5, 0.6) is 5.75 Å². The summed E-state index contributed by atoms with van der Waals surface area (Å²) in [5, 5.41) is 7.85. The molecule has 202 valence electrons. The Kier molecular flexibility index (Phi) is 6.69. The van der Waals surface area contributed by atoms with Crippen molar-refractivity contribution in [3.63, 3.8) is 0 Å². The van der Waals surface area contributed by atoms with Crippen LogP contribution in [0, 0.1) is 17.8 Å². The fourth-order valence-corrected chi connectivity index (χ4v) is 4.79. The van der Waals surface area contributed by atoms with Crippen LogP contribution >= 0.6 is 11.8 Å². The molecule has 2 aliphatic rings. The number of furan rings is 1. The average molecular weight is 563 g/mol. The average Bonchev–Trinajstić information content (AvgIpc) is 3.47. The molecule has 10 nitrogen and oxygen atoms in total. The van der Waals surface area contributed by atoms with Crippen molar-refractivity contribution in [2.45, 2.75) is 24.8 Å². The van der Waals surface area contributed by atoms with E-state index in [9.17, 15) is 18.4 Å². The molecule has 1 fully saturated rings. The maximum Gasteiger partial charge on any atom is 0.280 e. The predicted molar refractivity (Wildman–Crippen MR) is 144 cm³/mol. The van der Waals surface area contributed by atoms with Gasteiger partial charge in [0.2, 0.25) is 0 Å². The highest BCUT2D eigenvalue weighted by Crippen LogP contribution is 2.35. The van der Waals surface area contributed by atoms with Crippen molar-refractivity contribution in [1.29, 1.82) is 0 Å². The highest BCUT2D eigenvalue weighted by Gasteiger charge is 2.26. The third-order valence-electron chi connectivity index (χ3n) is 6.26. The molecule has 40 heavy (non-hydrogen) atoms. The van der Waals surface area contributed by atoms with E-state index in [1.165, 1.54) is 54.2 Å². The van der Waals surface area contributed by atoms with Crippen molar-refractivity contribution in [3.05, 3.63) is 70.7 Å². The van der Waals surface area contributed by atoms with E-state index in [0.717, 1.165) is 25.1 Å². The summed E-state index contributed by atoms with van der Waals surface area (Å²) in [4.78, 5) is 34.7. The Bertz CT molecular complexity index is 1790. The first-order valence-corrected chi connectivity index (χ1v) is 13.0. The first kappa shape index (κ1) is 25.6. The van der Waals surface area contributed by atoms with Crippen molar-refractivity contribution in [2.75, 3.05) is 7.11 Å². The summed E-state index contributed by atoms with van der Waals surface area (Å²) in [6.45, 7) is 0. The Morgan fingerprint density at radius 2 is 2.10 bits per heavy atom. The number of rotatable bonds is 6. The van der Waals surface area contributed by atoms with Crippen molar-refractivity contribution < 1.29 is 22.7 Å². The molecular weight excluding hydrogens is 542 g/mol. The van der Waals surface area contributed by atoms with Crippen LogP contribution in [0.4, 0.5) is 8.78 Å².